The number of nitrogens with zero attached hydrogens (tertiary/aromatic N) is 1. The minimum atomic E-state index is -0.417. The van der Waals surface area contributed by atoms with Crippen LogP contribution in [0.4, 0.5) is 5.69 Å². The molecule has 90 valence electrons. The highest BCUT2D eigenvalue weighted by Gasteiger charge is 1.98. The maximum atomic E-state index is 10.0. The van der Waals surface area contributed by atoms with Gasteiger partial charge in [0.25, 0.3) is 5.69 Å². The molecule has 0 bridgehead atoms. The molecule has 0 aliphatic carbocycles. The van der Waals surface area contributed by atoms with Crippen LogP contribution in [0.25, 0.3) is 0 Å². The van der Waals surface area contributed by atoms with Crippen LogP contribution in [-0.2, 0) is 14.8 Å². The van der Waals surface area contributed by atoms with E-state index in [0.29, 0.717) is 13.2 Å². The van der Waals surface area contributed by atoms with Gasteiger partial charge in [0, 0.05) is 12.1 Å². The van der Waals surface area contributed by atoms with E-state index in [0.717, 1.165) is 0 Å². The van der Waals surface area contributed by atoms with Crippen molar-refractivity contribution in [1.82, 2.24) is 0 Å². The molecule has 0 aliphatic heterocycles. The minimum Gasteiger partial charge on any atom is -0.258 e. The molecule has 0 heterocycles. The highest BCUT2D eigenvalue weighted by Crippen LogP contribution is 2.06. The van der Waals surface area contributed by atoms with Gasteiger partial charge in [0.2, 0.25) is 0 Å². The summed E-state index contributed by atoms with van der Waals surface area (Å²) >= 11 is 0. The Morgan fingerprint density at radius 2 is 1.62 bits per heavy atom. The molecule has 0 amide bonds. The number of nitro groups is 1. The second-order valence-corrected chi connectivity index (χ2v) is 2.47. The minimum absolute atomic E-state index is 0.137. The largest absolute Gasteiger partial charge is 0.269 e. The molecule has 16 heavy (non-hydrogen) atoms. The van der Waals surface area contributed by atoms with Crippen molar-refractivity contribution in [2.75, 3.05) is 13.2 Å². The third kappa shape index (κ3) is 7.86. The Labute approximate surface area is 93.7 Å². The molecule has 1 aromatic carbocycles. The fourth-order valence-corrected chi connectivity index (χ4v) is 0.680. The number of rotatable bonds is 5. The van der Waals surface area contributed by atoms with Crippen LogP contribution in [0.15, 0.2) is 30.3 Å². The molecule has 0 saturated carbocycles. The Kier molecular flexibility index (Phi) is 9.09. The van der Waals surface area contributed by atoms with Crippen LogP contribution in [0.5, 0.6) is 0 Å². The summed E-state index contributed by atoms with van der Waals surface area (Å²) in [5.41, 5.74) is 0.137. The van der Waals surface area contributed by atoms with Crippen molar-refractivity contribution in [3.63, 3.8) is 0 Å². The van der Waals surface area contributed by atoms with Crippen molar-refractivity contribution in [1.29, 1.82) is 0 Å². The van der Waals surface area contributed by atoms with E-state index >= 15 is 0 Å². The quantitative estimate of drug-likeness (QED) is 0.336. The van der Waals surface area contributed by atoms with Gasteiger partial charge >= 0.3 is 0 Å². The van der Waals surface area contributed by atoms with Gasteiger partial charge < -0.3 is 0 Å². The number of non-ortho nitro benzene ring substituents is 1. The molecule has 0 spiro atoms. The normalized spacial score (nSPS) is 9.12. The number of hydrogen-bond acceptors (Lipinski definition) is 5. The summed E-state index contributed by atoms with van der Waals surface area (Å²) < 4.78 is 0. The molecule has 0 aromatic heterocycles. The van der Waals surface area contributed by atoms with Gasteiger partial charge in [-0.3, -0.25) is 10.1 Å². The van der Waals surface area contributed by atoms with E-state index in [-0.39, 0.29) is 5.69 Å². The van der Waals surface area contributed by atoms with E-state index in [4.69, 9.17) is 0 Å². The molecule has 0 unspecified atom stereocenters. The summed E-state index contributed by atoms with van der Waals surface area (Å²) in [6, 6.07) is 7.93. The van der Waals surface area contributed by atoms with Crippen molar-refractivity contribution in [2.45, 2.75) is 13.8 Å². The molecule has 0 atom stereocenters. The van der Waals surface area contributed by atoms with Crippen LogP contribution in [0.2, 0.25) is 0 Å². The smallest absolute Gasteiger partial charge is 0.258 e. The van der Waals surface area contributed by atoms with Crippen molar-refractivity contribution < 1.29 is 19.7 Å². The highest BCUT2D eigenvalue weighted by atomic mass is 17.5. The predicted molar refractivity (Wildman–Crippen MR) is 57.4 cm³/mol. The lowest BCUT2D eigenvalue weighted by Crippen LogP contribution is -1.94. The van der Waals surface area contributed by atoms with Crippen LogP contribution < -0.4 is 0 Å². The van der Waals surface area contributed by atoms with E-state index in [1.54, 1.807) is 18.2 Å². The third-order valence-electron chi connectivity index (χ3n) is 1.30. The van der Waals surface area contributed by atoms with Gasteiger partial charge in [-0.2, -0.15) is 0 Å². The lowest BCUT2D eigenvalue weighted by molar-refractivity contribution is -0.509. The van der Waals surface area contributed by atoms with E-state index < -0.39 is 4.92 Å². The lowest BCUT2D eigenvalue weighted by Gasteiger charge is -1.94. The topological polar surface area (TPSA) is 70.8 Å². The number of para-hydroxylation sites is 1. The van der Waals surface area contributed by atoms with Crippen LogP contribution in [0.1, 0.15) is 13.8 Å². The molecule has 0 fully saturated rings. The Hall–Kier alpha value is -1.50. The molecule has 0 N–H and O–H groups in total. The van der Waals surface area contributed by atoms with Crippen molar-refractivity contribution in [3.8, 4) is 0 Å². The van der Waals surface area contributed by atoms with Gasteiger partial charge in [0.1, 0.15) is 0 Å². The zero-order chi connectivity index (χ0) is 12.2. The summed E-state index contributed by atoms with van der Waals surface area (Å²) in [6.45, 7) is 4.66. The van der Waals surface area contributed by atoms with Gasteiger partial charge in [-0.05, 0) is 13.8 Å². The van der Waals surface area contributed by atoms with Crippen LogP contribution in [0, 0.1) is 10.1 Å². The van der Waals surface area contributed by atoms with E-state index in [1.807, 2.05) is 13.8 Å². The van der Waals surface area contributed by atoms with Gasteiger partial charge in [-0.15, -0.1) is 0 Å². The first-order valence-corrected chi connectivity index (χ1v) is 4.82. The first-order valence-electron chi connectivity index (χ1n) is 4.82. The van der Waals surface area contributed by atoms with E-state index in [1.165, 1.54) is 12.1 Å². The Morgan fingerprint density at radius 1 is 1.12 bits per heavy atom. The SMILES string of the molecule is CCOOOCC.O=[N+]([O-])c1ccccc1. The summed E-state index contributed by atoms with van der Waals surface area (Å²) in [5.74, 6) is 0. The van der Waals surface area contributed by atoms with Gasteiger partial charge in [-0.25, -0.2) is 9.78 Å². The number of hydrogen-bond donors (Lipinski definition) is 0. The van der Waals surface area contributed by atoms with Crippen LogP contribution in [0.3, 0.4) is 0 Å². The molecule has 1 rings (SSSR count). The second-order valence-electron chi connectivity index (χ2n) is 2.47. The van der Waals surface area contributed by atoms with Crippen LogP contribution >= 0.6 is 0 Å². The molecule has 0 radical (unpaired) electrons. The number of nitro benzene ring substituents is 1. The lowest BCUT2D eigenvalue weighted by atomic mass is 10.3. The Morgan fingerprint density at radius 3 is 1.94 bits per heavy atom. The molecule has 6 heteroatoms. The fourth-order valence-electron chi connectivity index (χ4n) is 0.680. The average molecular weight is 229 g/mol. The van der Waals surface area contributed by atoms with Crippen molar-refractivity contribution in [2.24, 2.45) is 0 Å². The van der Waals surface area contributed by atoms with Crippen molar-refractivity contribution >= 4 is 5.69 Å². The summed E-state index contributed by atoms with van der Waals surface area (Å²) in [5, 5.41) is 14.1. The maximum absolute atomic E-state index is 10.0. The fraction of sp³-hybridized carbons (Fsp3) is 0.400. The van der Waals surface area contributed by atoms with Crippen molar-refractivity contribution in [3.05, 3.63) is 40.4 Å². The first-order chi connectivity index (χ1) is 7.72. The first kappa shape index (κ1) is 14.5. The van der Waals surface area contributed by atoms with Crippen LogP contribution in [-0.4, -0.2) is 18.1 Å². The molecular formula is C10H15NO5. The molecule has 6 nitrogen and oxygen atoms in total. The van der Waals surface area contributed by atoms with Gasteiger partial charge in [0.15, 0.2) is 0 Å². The average Bonchev–Trinajstić information content (AvgIpc) is 2.32. The number of benzene rings is 1. The highest BCUT2D eigenvalue weighted by molar-refractivity contribution is 5.27. The molecule has 1 aromatic rings. The van der Waals surface area contributed by atoms with E-state index in [9.17, 15) is 10.1 Å². The van der Waals surface area contributed by atoms with E-state index in [2.05, 4.69) is 14.8 Å². The molecule has 0 saturated heterocycles. The molecular weight excluding hydrogens is 214 g/mol. The second kappa shape index (κ2) is 10.0. The predicted octanol–water partition coefficient (Wildman–Crippen LogP) is 2.50. The van der Waals surface area contributed by atoms with Gasteiger partial charge in [0.05, 0.1) is 18.1 Å². The monoisotopic (exact) mass is 229 g/mol. The maximum Gasteiger partial charge on any atom is 0.269 e. The van der Waals surface area contributed by atoms with Gasteiger partial charge in [-0.1, -0.05) is 23.2 Å². The summed E-state index contributed by atoms with van der Waals surface area (Å²) in [4.78, 5) is 18.3. The summed E-state index contributed by atoms with van der Waals surface area (Å²) in [7, 11) is 0. The zero-order valence-corrected chi connectivity index (χ0v) is 9.29. The zero-order valence-electron chi connectivity index (χ0n) is 9.29. The Balaban J connectivity index is 0.000000293. The summed E-state index contributed by atoms with van der Waals surface area (Å²) in [6.07, 6.45) is 0. The Bertz CT molecular complexity index is 274. The third-order valence-corrected chi connectivity index (χ3v) is 1.30. The molecule has 0 aliphatic rings. The standard InChI is InChI=1S/C6H5NO2.C4H10O3/c8-7(9)6-4-2-1-3-5-6;1-3-5-7-6-4-2/h1-5H;3-4H2,1-2H3.